The van der Waals surface area contributed by atoms with Gasteiger partial charge in [-0.3, -0.25) is 14.4 Å². The maximum Gasteiger partial charge on any atom is 0.303 e. The molecule has 4 bridgehead atoms. The van der Waals surface area contributed by atoms with E-state index in [2.05, 4.69) is 15.8 Å². The second-order valence-electron chi connectivity index (χ2n) is 11.9. The zero-order chi connectivity index (χ0) is 26.9. The van der Waals surface area contributed by atoms with E-state index in [-0.39, 0.29) is 48.3 Å². The van der Waals surface area contributed by atoms with E-state index < -0.39 is 23.5 Å². The van der Waals surface area contributed by atoms with Gasteiger partial charge in [0.05, 0.1) is 11.6 Å². The molecule has 4 fully saturated rings. The smallest absolute Gasteiger partial charge is 0.303 e. The summed E-state index contributed by atoms with van der Waals surface area (Å²) >= 11 is 1.45. The van der Waals surface area contributed by atoms with Crippen molar-refractivity contribution in [3.8, 4) is 5.88 Å². The first kappa shape index (κ1) is 27.8. The van der Waals surface area contributed by atoms with Crippen LogP contribution in [0.4, 0.5) is 0 Å². The quantitative estimate of drug-likeness (QED) is 0.295. The molecule has 37 heavy (non-hydrogen) atoms. The molecule has 0 radical (unpaired) electrons. The molecule has 4 aliphatic rings. The van der Waals surface area contributed by atoms with E-state index in [1.807, 2.05) is 13.8 Å². The SMILES string of the molecule is CC(C)Sc1c(OCC(C)(C)NC(=O)[C@H](N)CCC(=O)O)noc1C(=O)NC1C2CC3CC(C2)CC1C3. The van der Waals surface area contributed by atoms with Crippen LogP contribution in [-0.4, -0.2) is 57.5 Å². The number of carbonyl (C=O) groups is 3. The molecule has 0 aromatic carbocycles. The lowest BCUT2D eigenvalue weighted by molar-refractivity contribution is -0.137. The van der Waals surface area contributed by atoms with Gasteiger partial charge in [0.2, 0.25) is 11.7 Å². The number of carboxylic acids is 1. The summed E-state index contributed by atoms with van der Waals surface area (Å²) in [5.74, 6) is 1.41. The second-order valence-corrected chi connectivity index (χ2v) is 13.5. The average Bonchev–Trinajstić information content (AvgIpc) is 3.19. The van der Waals surface area contributed by atoms with Crippen LogP contribution in [-0.2, 0) is 9.59 Å². The predicted octanol–water partition coefficient (Wildman–Crippen LogP) is 3.20. The molecule has 4 aliphatic carbocycles. The number of thioether (sulfide) groups is 1. The van der Waals surface area contributed by atoms with Gasteiger partial charge in [0.15, 0.2) is 0 Å². The largest absolute Gasteiger partial charge is 0.481 e. The van der Waals surface area contributed by atoms with Crippen LogP contribution in [0.5, 0.6) is 5.88 Å². The number of hydrogen-bond acceptors (Lipinski definition) is 8. The lowest BCUT2D eigenvalue weighted by Gasteiger charge is -2.54. The fourth-order valence-corrected chi connectivity index (χ4v) is 7.25. The summed E-state index contributed by atoms with van der Waals surface area (Å²) in [5.41, 5.74) is 5.00. The molecule has 2 amide bonds. The van der Waals surface area contributed by atoms with Gasteiger partial charge in [0.1, 0.15) is 11.5 Å². The maximum atomic E-state index is 13.4. The van der Waals surface area contributed by atoms with Crippen molar-refractivity contribution in [1.29, 1.82) is 0 Å². The number of rotatable bonds is 12. The molecular formula is C26H40N4O6S. The lowest BCUT2D eigenvalue weighted by Crippen LogP contribution is -2.55. The number of carbonyl (C=O) groups excluding carboxylic acids is 2. The van der Waals surface area contributed by atoms with Crippen LogP contribution in [0.15, 0.2) is 9.42 Å². The van der Waals surface area contributed by atoms with Crippen LogP contribution in [0.2, 0.25) is 0 Å². The molecule has 4 saturated carbocycles. The number of nitrogens with two attached hydrogens (primary N) is 1. The van der Waals surface area contributed by atoms with Gasteiger partial charge in [-0.25, -0.2) is 0 Å². The third kappa shape index (κ3) is 6.79. The third-order valence-electron chi connectivity index (χ3n) is 7.74. The highest BCUT2D eigenvalue weighted by Gasteiger charge is 2.49. The molecule has 1 aromatic rings. The number of nitrogens with one attached hydrogen (secondary N) is 2. The van der Waals surface area contributed by atoms with Crippen LogP contribution in [0.25, 0.3) is 0 Å². The molecule has 0 spiro atoms. The predicted molar refractivity (Wildman–Crippen MR) is 138 cm³/mol. The van der Waals surface area contributed by atoms with Crippen molar-refractivity contribution < 1.29 is 28.8 Å². The Morgan fingerprint density at radius 1 is 1.16 bits per heavy atom. The van der Waals surface area contributed by atoms with Crippen LogP contribution < -0.4 is 21.1 Å². The molecule has 5 N–H and O–H groups in total. The van der Waals surface area contributed by atoms with Crippen LogP contribution in [0, 0.1) is 23.7 Å². The van der Waals surface area contributed by atoms with Crippen molar-refractivity contribution in [3.63, 3.8) is 0 Å². The highest BCUT2D eigenvalue weighted by atomic mass is 32.2. The molecule has 0 saturated heterocycles. The van der Waals surface area contributed by atoms with Crippen molar-refractivity contribution in [2.45, 2.75) is 100 Å². The first-order chi connectivity index (χ1) is 17.4. The fraction of sp³-hybridized carbons (Fsp3) is 0.769. The minimum absolute atomic E-state index is 0.0407. The molecule has 5 rings (SSSR count). The Morgan fingerprint density at radius 3 is 2.35 bits per heavy atom. The topological polar surface area (TPSA) is 157 Å². The summed E-state index contributed by atoms with van der Waals surface area (Å²) < 4.78 is 11.5. The Hall–Kier alpha value is -2.27. The summed E-state index contributed by atoms with van der Waals surface area (Å²) in [7, 11) is 0. The van der Waals surface area contributed by atoms with Gasteiger partial charge < -0.3 is 30.7 Å². The minimum Gasteiger partial charge on any atom is -0.481 e. The zero-order valence-corrected chi connectivity index (χ0v) is 22.9. The van der Waals surface area contributed by atoms with Crippen molar-refractivity contribution in [3.05, 3.63) is 5.76 Å². The van der Waals surface area contributed by atoms with Gasteiger partial charge in [-0.2, -0.15) is 0 Å². The number of nitrogens with zero attached hydrogens (tertiary/aromatic N) is 1. The molecule has 206 valence electrons. The normalized spacial score (nSPS) is 27.2. The van der Waals surface area contributed by atoms with Gasteiger partial charge in [0.25, 0.3) is 11.8 Å². The number of hydrogen-bond donors (Lipinski definition) is 4. The van der Waals surface area contributed by atoms with E-state index in [0.717, 1.165) is 11.8 Å². The highest BCUT2D eigenvalue weighted by molar-refractivity contribution is 8.00. The highest BCUT2D eigenvalue weighted by Crippen LogP contribution is 2.53. The number of aromatic nitrogens is 1. The molecule has 0 aliphatic heterocycles. The van der Waals surface area contributed by atoms with E-state index >= 15 is 0 Å². The van der Waals surface area contributed by atoms with Gasteiger partial charge in [-0.1, -0.05) is 13.8 Å². The summed E-state index contributed by atoms with van der Waals surface area (Å²) in [6, 6.07) is -0.749. The molecule has 11 heteroatoms. The summed E-state index contributed by atoms with van der Waals surface area (Å²) in [6.07, 6.45) is 6.03. The Morgan fingerprint density at radius 2 is 1.78 bits per heavy atom. The minimum atomic E-state index is -1.00. The van der Waals surface area contributed by atoms with E-state index in [1.54, 1.807) is 13.8 Å². The van der Waals surface area contributed by atoms with Crippen LogP contribution in [0.3, 0.4) is 0 Å². The Balaban J connectivity index is 1.39. The number of ether oxygens (including phenoxy) is 1. The van der Waals surface area contributed by atoms with E-state index in [0.29, 0.717) is 16.7 Å². The maximum absolute atomic E-state index is 13.4. The van der Waals surface area contributed by atoms with Crippen LogP contribution >= 0.6 is 11.8 Å². The van der Waals surface area contributed by atoms with E-state index in [4.69, 9.17) is 20.1 Å². The molecule has 1 heterocycles. The van der Waals surface area contributed by atoms with Crippen molar-refractivity contribution >= 4 is 29.5 Å². The zero-order valence-electron chi connectivity index (χ0n) is 22.1. The van der Waals surface area contributed by atoms with Gasteiger partial charge in [-0.05, 0) is 81.2 Å². The fourth-order valence-electron chi connectivity index (χ4n) is 6.34. The van der Waals surface area contributed by atoms with Crippen molar-refractivity contribution in [2.75, 3.05) is 6.61 Å². The molecule has 10 nitrogen and oxygen atoms in total. The molecule has 1 atom stereocenters. The van der Waals surface area contributed by atoms with Crippen molar-refractivity contribution in [1.82, 2.24) is 15.8 Å². The van der Waals surface area contributed by atoms with Gasteiger partial charge in [-0.15, -0.1) is 11.8 Å². The summed E-state index contributed by atoms with van der Waals surface area (Å²) in [4.78, 5) is 37.1. The Bertz CT molecular complexity index is 981. The number of aliphatic carboxylic acids is 1. The number of carboxylic acid groups (broad SMARTS) is 1. The van der Waals surface area contributed by atoms with Crippen LogP contribution in [0.1, 0.15) is 83.2 Å². The molecule has 0 unspecified atom stereocenters. The van der Waals surface area contributed by atoms with Gasteiger partial charge in [0, 0.05) is 17.7 Å². The monoisotopic (exact) mass is 536 g/mol. The summed E-state index contributed by atoms with van der Waals surface area (Å²) in [5, 5.41) is 19.1. The molecular weight excluding hydrogens is 496 g/mol. The Kier molecular flexibility index (Phi) is 8.42. The Labute approximate surface area is 222 Å². The van der Waals surface area contributed by atoms with E-state index in [1.165, 1.54) is 43.9 Å². The number of amides is 2. The average molecular weight is 537 g/mol. The van der Waals surface area contributed by atoms with E-state index in [9.17, 15) is 14.4 Å². The van der Waals surface area contributed by atoms with Gasteiger partial charge >= 0.3 is 5.97 Å². The first-order valence-electron chi connectivity index (χ1n) is 13.3. The second kappa shape index (κ2) is 11.2. The standard InChI is InChI=1S/C26H40N4O6S/c1-13(2)37-22-21(24(34)28-20-16-8-14-7-15(10-16)11-17(20)9-14)36-30-25(22)35-12-26(3,4)29-23(33)18(27)5-6-19(31)32/h13-18,20H,5-12,27H2,1-4H3,(H,28,34)(H,29,33)(H,31,32)/t14?,15?,16?,17?,18-,20?/m1/s1. The molecule has 1 aromatic heterocycles. The lowest BCUT2D eigenvalue weighted by atomic mass is 9.54. The third-order valence-corrected chi connectivity index (χ3v) is 8.81. The summed E-state index contributed by atoms with van der Waals surface area (Å²) in [6.45, 7) is 7.63. The van der Waals surface area contributed by atoms with Crippen molar-refractivity contribution in [2.24, 2.45) is 29.4 Å². The first-order valence-corrected chi connectivity index (χ1v) is 14.2.